The number of amides is 1. The van der Waals surface area contributed by atoms with Gasteiger partial charge < -0.3 is 9.47 Å². The molecule has 1 aliphatic heterocycles. The van der Waals surface area contributed by atoms with Crippen LogP contribution in [0.1, 0.15) is 76.5 Å². The molecule has 1 saturated heterocycles. The zero-order chi connectivity index (χ0) is 16.8. The molecule has 5 heteroatoms. The Kier molecular flexibility index (Phi) is 3.92. The molecule has 5 nitrogen and oxygen atoms in total. The maximum Gasteiger partial charge on any atom is 0.228 e. The van der Waals surface area contributed by atoms with E-state index in [-0.39, 0.29) is 10.8 Å². The largest absolute Gasteiger partial charge is 0.341 e. The quantitative estimate of drug-likeness (QED) is 0.836. The standard InChI is InChI=1S/C19H30N4O/c1-18(8-4-3-5-9-18)17(24)23-12-15(16-21-20-14-22(16)2)19(13-23)10-6-7-11-19/h14-15H,3-13H2,1-2H3. The van der Waals surface area contributed by atoms with Crippen molar-refractivity contribution in [2.24, 2.45) is 17.9 Å². The van der Waals surface area contributed by atoms with Gasteiger partial charge in [-0.15, -0.1) is 10.2 Å². The first-order chi connectivity index (χ1) is 11.5. The molecule has 0 radical (unpaired) electrons. The number of likely N-dealkylation sites (tertiary alicyclic amines) is 1. The van der Waals surface area contributed by atoms with Crippen LogP contribution in [-0.2, 0) is 11.8 Å². The second-order valence-electron chi connectivity index (χ2n) is 8.73. The molecule has 2 saturated carbocycles. The lowest BCUT2D eigenvalue weighted by Crippen LogP contribution is -2.43. The highest BCUT2D eigenvalue weighted by molar-refractivity contribution is 5.83. The lowest BCUT2D eigenvalue weighted by molar-refractivity contribution is -0.142. The highest BCUT2D eigenvalue weighted by Gasteiger charge is 2.53. The van der Waals surface area contributed by atoms with Crippen molar-refractivity contribution in [2.45, 2.75) is 70.6 Å². The minimum Gasteiger partial charge on any atom is -0.341 e. The van der Waals surface area contributed by atoms with Crippen molar-refractivity contribution in [2.75, 3.05) is 13.1 Å². The molecule has 24 heavy (non-hydrogen) atoms. The van der Waals surface area contributed by atoms with E-state index in [0.29, 0.717) is 11.8 Å². The predicted molar refractivity (Wildman–Crippen MR) is 92.4 cm³/mol. The van der Waals surface area contributed by atoms with Gasteiger partial charge in [-0.1, -0.05) is 39.0 Å². The van der Waals surface area contributed by atoms with Crippen molar-refractivity contribution in [3.05, 3.63) is 12.2 Å². The second-order valence-corrected chi connectivity index (χ2v) is 8.73. The van der Waals surface area contributed by atoms with Crippen LogP contribution in [0.5, 0.6) is 0 Å². The summed E-state index contributed by atoms with van der Waals surface area (Å²) in [5, 5.41) is 8.52. The van der Waals surface area contributed by atoms with Crippen molar-refractivity contribution >= 4 is 5.91 Å². The van der Waals surface area contributed by atoms with Crippen LogP contribution >= 0.6 is 0 Å². The van der Waals surface area contributed by atoms with Crippen LogP contribution in [0, 0.1) is 10.8 Å². The van der Waals surface area contributed by atoms with E-state index in [4.69, 9.17) is 0 Å². The third kappa shape index (κ3) is 2.47. The summed E-state index contributed by atoms with van der Waals surface area (Å²) < 4.78 is 2.06. The number of hydrogen-bond acceptors (Lipinski definition) is 3. The first-order valence-electron chi connectivity index (χ1n) is 9.67. The molecule has 2 heterocycles. The lowest BCUT2D eigenvalue weighted by Gasteiger charge is -2.36. The Morgan fingerprint density at radius 3 is 2.42 bits per heavy atom. The fourth-order valence-electron chi connectivity index (χ4n) is 5.60. The number of carbonyl (C=O) groups is 1. The van der Waals surface area contributed by atoms with Gasteiger partial charge in [0.2, 0.25) is 5.91 Å². The Morgan fingerprint density at radius 2 is 1.79 bits per heavy atom. The SMILES string of the molecule is Cn1cnnc1C1CN(C(=O)C2(C)CCCCC2)CC12CCCC2. The molecule has 1 aromatic heterocycles. The summed E-state index contributed by atoms with van der Waals surface area (Å²) in [4.78, 5) is 15.5. The van der Waals surface area contributed by atoms with Gasteiger partial charge >= 0.3 is 0 Å². The summed E-state index contributed by atoms with van der Waals surface area (Å²) in [6.07, 6.45) is 12.6. The van der Waals surface area contributed by atoms with Crippen molar-refractivity contribution in [3.8, 4) is 0 Å². The van der Waals surface area contributed by atoms with Crippen LogP contribution in [0.4, 0.5) is 0 Å². The predicted octanol–water partition coefficient (Wildman–Crippen LogP) is 3.27. The maximum atomic E-state index is 13.3. The summed E-state index contributed by atoms with van der Waals surface area (Å²) in [6, 6.07) is 0. The van der Waals surface area contributed by atoms with Gasteiger partial charge in [0.25, 0.3) is 0 Å². The van der Waals surface area contributed by atoms with Gasteiger partial charge in [-0.25, -0.2) is 0 Å². The summed E-state index contributed by atoms with van der Waals surface area (Å²) in [7, 11) is 2.03. The normalized spacial score (nSPS) is 28.6. The lowest BCUT2D eigenvalue weighted by atomic mass is 9.74. The Morgan fingerprint density at radius 1 is 1.12 bits per heavy atom. The third-order valence-electron chi connectivity index (χ3n) is 7.07. The highest BCUT2D eigenvalue weighted by Crippen LogP contribution is 2.54. The van der Waals surface area contributed by atoms with E-state index < -0.39 is 0 Å². The molecule has 0 aromatic carbocycles. The summed E-state index contributed by atoms with van der Waals surface area (Å²) in [5.74, 6) is 1.82. The first kappa shape index (κ1) is 16.1. The zero-order valence-electron chi connectivity index (χ0n) is 15.1. The van der Waals surface area contributed by atoms with Crippen LogP contribution in [0.15, 0.2) is 6.33 Å². The Bertz CT molecular complexity index is 611. The fourth-order valence-corrected chi connectivity index (χ4v) is 5.60. The molecule has 1 atom stereocenters. The minimum atomic E-state index is -0.132. The zero-order valence-corrected chi connectivity index (χ0v) is 15.1. The maximum absolute atomic E-state index is 13.3. The van der Waals surface area contributed by atoms with Crippen molar-refractivity contribution < 1.29 is 4.79 Å². The van der Waals surface area contributed by atoms with Crippen LogP contribution in [0.25, 0.3) is 0 Å². The van der Waals surface area contributed by atoms with E-state index in [1.807, 2.05) is 7.05 Å². The van der Waals surface area contributed by atoms with Crippen LogP contribution in [0.3, 0.4) is 0 Å². The van der Waals surface area contributed by atoms with Gasteiger partial charge in [0.1, 0.15) is 12.2 Å². The summed E-state index contributed by atoms with van der Waals surface area (Å²) >= 11 is 0. The molecule has 4 rings (SSSR count). The molecule has 1 spiro atoms. The molecule has 3 aliphatic rings. The molecular weight excluding hydrogens is 300 g/mol. The Hall–Kier alpha value is -1.39. The van der Waals surface area contributed by atoms with Crippen molar-refractivity contribution in [1.29, 1.82) is 0 Å². The van der Waals surface area contributed by atoms with Gasteiger partial charge in [0, 0.05) is 31.5 Å². The molecule has 1 amide bonds. The van der Waals surface area contributed by atoms with Crippen LogP contribution in [-0.4, -0.2) is 38.7 Å². The van der Waals surface area contributed by atoms with E-state index in [1.165, 1.54) is 44.9 Å². The summed E-state index contributed by atoms with van der Waals surface area (Å²) in [5.41, 5.74) is 0.105. The molecule has 132 valence electrons. The smallest absolute Gasteiger partial charge is 0.228 e. The third-order valence-corrected chi connectivity index (χ3v) is 7.07. The van der Waals surface area contributed by atoms with Crippen LogP contribution < -0.4 is 0 Å². The monoisotopic (exact) mass is 330 g/mol. The Balaban J connectivity index is 1.60. The van der Waals surface area contributed by atoms with E-state index in [9.17, 15) is 4.79 Å². The summed E-state index contributed by atoms with van der Waals surface area (Å²) in [6.45, 7) is 3.96. The van der Waals surface area contributed by atoms with Gasteiger partial charge in [-0.2, -0.15) is 0 Å². The average Bonchev–Trinajstić information content (AvgIpc) is 3.29. The molecule has 1 unspecified atom stereocenters. The Labute approximate surface area is 144 Å². The number of rotatable bonds is 2. The van der Waals surface area contributed by atoms with E-state index in [0.717, 1.165) is 31.8 Å². The molecule has 0 N–H and O–H groups in total. The number of aromatic nitrogens is 3. The van der Waals surface area contributed by atoms with Gasteiger partial charge in [0.15, 0.2) is 0 Å². The first-order valence-corrected chi connectivity index (χ1v) is 9.67. The number of carbonyl (C=O) groups excluding carboxylic acids is 1. The topological polar surface area (TPSA) is 51.0 Å². The van der Waals surface area contributed by atoms with Crippen molar-refractivity contribution in [3.63, 3.8) is 0 Å². The van der Waals surface area contributed by atoms with Crippen LogP contribution in [0.2, 0.25) is 0 Å². The van der Waals surface area contributed by atoms with Gasteiger partial charge in [-0.3, -0.25) is 4.79 Å². The van der Waals surface area contributed by atoms with Gasteiger partial charge in [-0.05, 0) is 31.1 Å². The highest BCUT2D eigenvalue weighted by atomic mass is 16.2. The number of aryl methyl sites for hydroxylation is 1. The molecule has 0 bridgehead atoms. The van der Waals surface area contributed by atoms with E-state index in [2.05, 4.69) is 26.6 Å². The van der Waals surface area contributed by atoms with E-state index in [1.54, 1.807) is 6.33 Å². The molecule has 1 aromatic rings. The fraction of sp³-hybridized carbons (Fsp3) is 0.842. The van der Waals surface area contributed by atoms with E-state index >= 15 is 0 Å². The number of hydrogen-bond donors (Lipinski definition) is 0. The van der Waals surface area contributed by atoms with Crippen molar-refractivity contribution in [1.82, 2.24) is 19.7 Å². The van der Waals surface area contributed by atoms with Gasteiger partial charge in [0.05, 0.1) is 0 Å². The molecule has 2 aliphatic carbocycles. The average molecular weight is 330 g/mol. The molecule has 3 fully saturated rings. The molecular formula is C19H30N4O. The minimum absolute atomic E-state index is 0.132. The number of nitrogens with zero attached hydrogens (tertiary/aromatic N) is 4. The second kappa shape index (κ2) is 5.85.